The number of para-hydroxylation sites is 1. The molecule has 0 radical (unpaired) electrons. The highest BCUT2D eigenvalue weighted by Crippen LogP contribution is 2.20. The number of amides is 2. The number of hydrogen-bond donors (Lipinski definition) is 2. The maximum atomic E-state index is 11.8. The van der Waals surface area contributed by atoms with Gasteiger partial charge in [0.05, 0.1) is 24.0 Å². The van der Waals surface area contributed by atoms with Crippen molar-refractivity contribution in [1.29, 1.82) is 0 Å². The van der Waals surface area contributed by atoms with Crippen LogP contribution in [0.4, 0.5) is 5.69 Å². The Bertz CT molecular complexity index is 760. The van der Waals surface area contributed by atoms with E-state index in [-0.39, 0.29) is 24.7 Å². The molecule has 0 fully saturated rings. The topological polar surface area (TPSA) is 79.8 Å². The van der Waals surface area contributed by atoms with E-state index < -0.39 is 0 Å². The summed E-state index contributed by atoms with van der Waals surface area (Å²) in [6.45, 7) is 0. The average molecular weight is 360 g/mol. The number of carbonyl (C=O) groups is 2. The highest BCUT2D eigenvalue weighted by molar-refractivity contribution is 6.33. The molecule has 0 aliphatic rings. The van der Waals surface area contributed by atoms with Gasteiger partial charge in [-0.3, -0.25) is 9.59 Å². The lowest BCUT2D eigenvalue weighted by Gasteiger charge is -2.06. The molecule has 25 heavy (non-hydrogen) atoms. The number of ether oxygens (including phenoxy) is 1. The van der Waals surface area contributed by atoms with Crippen LogP contribution in [-0.4, -0.2) is 25.1 Å². The van der Waals surface area contributed by atoms with Crippen LogP contribution in [-0.2, 0) is 9.59 Å². The van der Waals surface area contributed by atoms with Crippen LogP contribution in [0.15, 0.2) is 53.6 Å². The molecule has 0 heterocycles. The Morgan fingerprint density at radius 2 is 1.76 bits per heavy atom. The van der Waals surface area contributed by atoms with Crippen molar-refractivity contribution in [3.05, 3.63) is 59.1 Å². The van der Waals surface area contributed by atoms with E-state index >= 15 is 0 Å². The Kier molecular flexibility index (Phi) is 6.98. The van der Waals surface area contributed by atoms with Crippen molar-refractivity contribution in [2.75, 3.05) is 12.4 Å². The Hall–Kier alpha value is -2.86. The van der Waals surface area contributed by atoms with E-state index in [0.717, 1.165) is 11.3 Å². The summed E-state index contributed by atoms with van der Waals surface area (Å²) in [4.78, 5) is 23.5. The summed E-state index contributed by atoms with van der Waals surface area (Å²) in [6.07, 6.45) is 1.58. The Morgan fingerprint density at radius 3 is 2.44 bits per heavy atom. The lowest BCUT2D eigenvalue weighted by molar-refractivity contribution is -0.124. The zero-order chi connectivity index (χ0) is 18.1. The smallest absolute Gasteiger partial charge is 0.240 e. The maximum absolute atomic E-state index is 11.8. The molecule has 7 heteroatoms. The molecule has 0 saturated carbocycles. The number of rotatable bonds is 7. The van der Waals surface area contributed by atoms with Gasteiger partial charge in [0.1, 0.15) is 5.75 Å². The van der Waals surface area contributed by atoms with Crippen molar-refractivity contribution in [3.63, 3.8) is 0 Å². The Labute approximate surface area is 150 Å². The van der Waals surface area contributed by atoms with Crippen molar-refractivity contribution in [1.82, 2.24) is 5.43 Å². The van der Waals surface area contributed by atoms with Gasteiger partial charge >= 0.3 is 0 Å². The summed E-state index contributed by atoms with van der Waals surface area (Å²) in [5.41, 5.74) is 3.72. The third-order valence-corrected chi connectivity index (χ3v) is 3.58. The van der Waals surface area contributed by atoms with Crippen molar-refractivity contribution in [2.45, 2.75) is 12.8 Å². The fourth-order valence-electron chi connectivity index (χ4n) is 1.93. The van der Waals surface area contributed by atoms with Crippen molar-refractivity contribution in [3.8, 4) is 5.75 Å². The highest BCUT2D eigenvalue weighted by Gasteiger charge is 2.08. The second-order valence-electron chi connectivity index (χ2n) is 5.09. The molecule has 0 aliphatic carbocycles. The molecular formula is C18H18ClN3O3. The second kappa shape index (κ2) is 9.44. The molecule has 0 atom stereocenters. The fourth-order valence-corrected chi connectivity index (χ4v) is 2.11. The molecule has 2 N–H and O–H groups in total. The minimum atomic E-state index is -0.348. The molecule has 2 rings (SSSR count). The lowest BCUT2D eigenvalue weighted by atomic mass is 10.2. The predicted octanol–water partition coefficient (Wildman–Crippen LogP) is 3.22. The average Bonchev–Trinajstić information content (AvgIpc) is 2.62. The minimum absolute atomic E-state index is 0.0240. The van der Waals surface area contributed by atoms with Crippen LogP contribution in [0.5, 0.6) is 5.75 Å². The van der Waals surface area contributed by atoms with E-state index in [2.05, 4.69) is 15.8 Å². The van der Waals surface area contributed by atoms with Crippen molar-refractivity contribution in [2.24, 2.45) is 5.10 Å². The van der Waals surface area contributed by atoms with Crippen LogP contribution in [0, 0.1) is 0 Å². The minimum Gasteiger partial charge on any atom is -0.497 e. The largest absolute Gasteiger partial charge is 0.497 e. The Balaban J connectivity index is 1.73. The monoisotopic (exact) mass is 359 g/mol. The number of hydrogen-bond acceptors (Lipinski definition) is 4. The first-order chi connectivity index (χ1) is 12.1. The molecule has 0 saturated heterocycles. The number of nitrogens with one attached hydrogen (secondary N) is 2. The maximum Gasteiger partial charge on any atom is 0.240 e. The molecule has 0 aliphatic heterocycles. The molecule has 0 spiro atoms. The number of carbonyl (C=O) groups excluding carboxylic acids is 2. The molecule has 0 unspecified atom stereocenters. The van der Waals surface area contributed by atoms with Gasteiger partial charge in [-0.2, -0.15) is 5.10 Å². The van der Waals surface area contributed by atoms with Gasteiger partial charge in [-0.1, -0.05) is 23.7 Å². The van der Waals surface area contributed by atoms with Gasteiger partial charge in [0.15, 0.2) is 0 Å². The quantitative estimate of drug-likeness (QED) is 0.588. The predicted molar refractivity (Wildman–Crippen MR) is 98.0 cm³/mol. The summed E-state index contributed by atoms with van der Waals surface area (Å²) in [7, 11) is 1.59. The molecule has 0 bridgehead atoms. The first-order valence-electron chi connectivity index (χ1n) is 7.59. The highest BCUT2D eigenvalue weighted by atomic mass is 35.5. The summed E-state index contributed by atoms with van der Waals surface area (Å²) >= 11 is 5.96. The van der Waals surface area contributed by atoms with E-state index in [1.165, 1.54) is 6.21 Å². The number of benzene rings is 2. The van der Waals surface area contributed by atoms with Crippen molar-refractivity contribution < 1.29 is 14.3 Å². The van der Waals surface area contributed by atoms with Gasteiger partial charge in [0.2, 0.25) is 11.8 Å². The van der Waals surface area contributed by atoms with E-state index in [1.54, 1.807) is 43.5 Å². The number of nitrogens with zero attached hydrogens (tertiary/aromatic N) is 1. The van der Waals surface area contributed by atoms with Crippen LogP contribution in [0.1, 0.15) is 18.4 Å². The molecular weight excluding hydrogens is 342 g/mol. The third kappa shape index (κ3) is 6.27. The molecule has 2 amide bonds. The summed E-state index contributed by atoms with van der Waals surface area (Å²) < 4.78 is 5.06. The first kappa shape index (κ1) is 18.5. The molecule has 0 aromatic heterocycles. The number of anilines is 1. The van der Waals surface area contributed by atoms with E-state index in [0.29, 0.717) is 10.7 Å². The fraction of sp³-hybridized carbons (Fsp3) is 0.167. The Morgan fingerprint density at radius 1 is 1.08 bits per heavy atom. The number of halogens is 1. The normalized spacial score (nSPS) is 10.5. The van der Waals surface area contributed by atoms with Gasteiger partial charge in [-0.15, -0.1) is 0 Å². The van der Waals surface area contributed by atoms with Crippen LogP contribution >= 0.6 is 11.6 Å². The summed E-state index contributed by atoms with van der Waals surface area (Å²) in [6, 6.07) is 14.1. The number of hydrazone groups is 1. The SMILES string of the molecule is COc1ccc(C=NNC(=O)CCC(=O)Nc2ccccc2Cl)cc1. The van der Waals surface area contributed by atoms with Gasteiger partial charge in [-0.25, -0.2) is 5.43 Å². The zero-order valence-corrected chi connectivity index (χ0v) is 14.4. The molecule has 6 nitrogen and oxygen atoms in total. The van der Waals surface area contributed by atoms with Gasteiger partial charge in [0, 0.05) is 12.8 Å². The molecule has 130 valence electrons. The van der Waals surface area contributed by atoms with Gasteiger partial charge in [0.25, 0.3) is 0 Å². The number of methoxy groups -OCH3 is 1. The summed E-state index contributed by atoms with van der Waals surface area (Å²) in [5, 5.41) is 6.96. The van der Waals surface area contributed by atoms with Crippen LogP contribution < -0.4 is 15.5 Å². The second-order valence-corrected chi connectivity index (χ2v) is 5.50. The lowest BCUT2D eigenvalue weighted by Crippen LogP contribution is -2.20. The standard InChI is InChI=1S/C18H18ClN3O3/c1-25-14-8-6-13(7-9-14)12-20-22-18(24)11-10-17(23)21-16-5-3-2-4-15(16)19/h2-9,12H,10-11H2,1H3,(H,21,23)(H,22,24). The molecule has 2 aromatic carbocycles. The van der Waals surface area contributed by atoms with E-state index in [4.69, 9.17) is 16.3 Å². The van der Waals surface area contributed by atoms with E-state index in [1.807, 2.05) is 12.1 Å². The summed E-state index contributed by atoms with van der Waals surface area (Å²) in [5.74, 6) is 0.104. The van der Waals surface area contributed by atoms with Crippen LogP contribution in [0.3, 0.4) is 0 Å². The van der Waals surface area contributed by atoms with Crippen LogP contribution in [0.25, 0.3) is 0 Å². The third-order valence-electron chi connectivity index (χ3n) is 3.25. The van der Waals surface area contributed by atoms with E-state index in [9.17, 15) is 9.59 Å². The van der Waals surface area contributed by atoms with Crippen LogP contribution in [0.2, 0.25) is 5.02 Å². The van der Waals surface area contributed by atoms with Gasteiger partial charge < -0.3 is 10.1 Å². The first-order valence-corrected chi connectivity index (χ1v) is 7.96. The van der Waals surface area contributed by atoms with Gasteiger partial charge in [-0.05, 0) is 42.0 Å². The molecule has 2 aromatic rings. The zero-order valence-electron chi connectivity index (χ0n) is 13.7. The van der Waals surface area contributed by atoms with Crippen molar-refractivity contribution >= 4 is 35.3 Å².